The van der Waals surface area contributed by atoms with E-state index in [0.29, 0.717) is 12.8 Å². The Morgan fingerprint density at radius 2 is 1.50 bits per heavy atom. The first-order chi connectivity index (χ1) is 7.27. The van der Waals surface area contributed by atoms with Crippen LogP contribution in [-0.4, -0.2) is 36.3 Å². The van der Waals surface area contributed by atoms with E-state index in [2.05, 4.69) is 13.6 Å². The zero-order chi connectivity index (χ0) is 12.7. The molecule has 0 bridgehead atoms. The fourth-order valence-corrected chi connectivity index (χ4v) is 2.05. The third kappa shape index (κ3) is 10.8. The van der Waals surface area contributed by atoms with Gasteiger partial charge in [0.15, 0.2) is 0 Å². The van der Waals surface area contributed by atoms with Crippen molar-refractivity contribution in [2.24, 2.45) is 0 Å². The molecule has 0 aliphatic heterocycles. The fourth-order valence-electron chi connectivity index (χ4n) is 0.818. The Bertz CT molecular complexity index is 274. The normalized spacial score (nSPS) is 19.0. The maximum atomic E-state index is 11.0. The van der Waals surface area contributed by atoms with Gasteiger partial charge >= 0.3 is 15.4 Å². The molecule has 9 heteroatoms. The van der Waals surface area contributed by atoms with Crippen LogP contribution in [-0.2, 0) is 22.7 Å². The molecule has 0 aromatic carbocycles. The zero-order valence-corrected chi connectivity index (χ0v) is 11.2. The minimum absolute atomic E-state index is 0.0383. The van der Waals surface area contributed by atoms with Gasteiger partial charge in [0, 0.05) is 6.66 Å². The number of hydrogen-bond acceptors (Lipinski definition) is 5. The molecule has 0 saturated carbocycles. The van der Waals surface area contributed by atoms with Gasteiger partial charge in [0.05, 0.1) is 19.8 Å². The highest BCUT2D eigenvalue weighted by molar-refractivity contribution is 7.51. The Balaban J connectivity index is 3.47. The Morgan fingerprint density at radius 3 is 1.94 bits per heavy atom. The van der Waals surface area contributed by atoms with Crippen molar-refractivity contribution < 1.29 is 32.5 Å². The molecule has 7 nitrogen and oxygen atoms in total. The average molecular weight is 276 g/mol. The van der Waals surface area contributed by atoms with E-state index in [1.165, 1.54) is 0 Å². The molecular weight excluding hydrogens is 258 g/mol. The topological polar surface area (TPSA) is 102 Å². The second kappa shape index (κ2) is 7.56. The molecule has 0 saturated heterocycles. The highest BCUT2D eigenvalue weighted by Crippen LogP contribution is 2.43. The smallest absolute Gasteiger partial charge is 0.324 e. The van der Waals surface area contributed by atoms with E-state index < -0.39 is 15.4 Å². The Hall–Kier alpha value is 0.260. The molecule has 2 unspecified atom stereocenters. The summed E-state index contributed by atoms with van der Waals surface area (Å²) in [7, 11) is -7.35. The van der Waals surface area contributed by atoms with Crippen LogP contribution >= 0.6 is 15.4 Å². The number of phosphoric ester groups is 1. The predicted octanol–water partition coefficient (Wildman–Crippen LogP) is 1.75. The van der Waals surface area contributed by atoms with Crippen LogP contribution in [0.4, 0.5) is 0 Å². The summed E-state index contributed by atoms with van der Waals surface area (Å²) in [5, 5.41) is 0. The van der Waals surface area contributed by atoms with Crippen molar-refractivity contribution in [3.63, 3.8) is 0 Å². The highest BCUT2D eigenvalue weighted by Gasteiger charge is 2.19. The van der Waals surface area contributed by atoms with E-state index in [-0.39, 0.29) is 19.8 Å². The van der Waals surface area contributed by atoms with E-state index in [1.807, 2.05) is 0 Å². The van der Waals surface area contributed by atoms with Crippen LogP contribution in [0, 0.1) is 0 Å². The molecule has 0 rings (SSSR count). The Kier molecular flexibility index (Phi) is 7.68. The molecule has 0 radical (unpaired) electrons. The summed E-state index contributed by atoms with van der Waals surface area (Å²) in [4.78, 5) is 17.8. The lowest BCUT2D eigenvalue weighted by Gasteiger charge is -2.10. The van der Waals surface area contributed by atoms with Gasteiger partial charge in [-0.15, -0.1) is 0 Å². The predicted molar refractivity (Wildman–Crippen MR) is 58.3 cm³/mol. The van der Waals surface area contributed by atoms with Gasteiger partial charge in [-0.25, -0.2) is 4.57 Å². The molecule has 0 spiro atoms. The van der Waals surface area contributed by atoms with Gasteiger partial charge in [-0.1, -0.05) is 0 Å². The number of phosphoric acid groups is 1. The Morgan fingerprint density at radius 1 is 1.00 bits per heavy atom. The van der Waals surface area contributed by atoms with Gasteiger partial charge < -0.3 is 14.3 Å². The lowest BCUT2D eigenvalue weighted by molar-refractivity contribution is 0.149. The van der Waals surface area contributed by atoms with Gasteiger partial charge in [0.1, 0.15) is 0 Å². The van der Waals surface area contributed by atoms with Crippen LogP contribution in [0.5, 0.6) is 0 Å². The van der Waals surface area contributed by atoms with Crippen molar-refractivity contribution in [2.75, 3.05) is 26.5 Å². The first-order valence-corrected chi connectivity index (χ1v) is 8.35. The molecule has 0 amide bonds. The van der Waals surface area contributed by atoms with E-state index in [1.54, 1.807) is 6.92 Å². The summed E-state index contributed by atoms with van der Waals surface area (Å²) in [5.74, 6) is 0. The van der Waals surface area contributed by atoms with E-state index in [4.69, 9.17) is 9.79 Å². The number of unbranched alkanes of at least 4 members (excludes halogenated alkanes) is 1. The number of rotatable bonds is 9. The van der Waals surface area contributed by atoms with Crippen LogP contribution in [0.2, 0.25) is 0 Å². The van der Waals surface area contributed by atoms with Crippen LogP contribution in [0.25, 0.3) is 0 Å². The average Bonchev–Trinajstić information content (AvgIpc) is 2.09. The maximum Gasteiger partial charge on any atom is 0.472 e. The van der Waals surface area contributed by atoms with E-state index in [9.17, 15) is 9.13 Å². The molecule has 16 heavy (non-hydrogen) atoms. The van der Waals surface area contributed by atoms with Crippen molar-refractivity contribution in [3.8, 4) is 0 Å². The first-order valence-electron chi connectivity index (χ1n) is 4.83. The summed E-state index contributed by atoms with van der Waals surface area (Å²) >= 11 is 0. The maximum absolute atomic E-state index is 11.0. The second-order valence-electron chi connectivity index (χ2n) is 3.06. The fraction of sp³-hybridized carbons (Fsp3) is 1.00. The van der Waals surface area contributed by atoms with Crippen molar-refractivity contribution in [2.45, 2.75) is 19.8 Å². The van der Waals surface area contributed by atoms with Crippen LogP contribution in [0.3, 0.4) is 0 Å². The summed E-state index contributed by atoms with van der Waals surface area (Å²) < 4.78 is 35.4. The lowest BCUT2D eigenvalue weighted by Crippen LogP contribution is -1.99. The summed E-state index contributed by atoms with van der Waals surface area (Å²) in [6.45, 7) is 2.93. The quantitative estimate of drug-likeness (QED) is 0.488. The van der Waals surface area contributed by atoms with Gasteiger partial charge in [-0.05, 0) is 19.8 Å². The van der Waals surface area contributed by atoms with E-state index in [0.717, 1.165) is 6.66 Å². The van der Waals surface area contributed by atoms with Crippen LogP contribution < -0.4 is 0 Å². The van der Waals surface area contributed by atoms with Gasteiger partial charge in [-0.2, -0.15) is 0 Å². The SMILES string of the molecule is CCOP(=O)(O)OCCCCOP(C)(=O)O. The van der Waals surface area contributed by atoms with Crippen molar-refractivity contribution in [3.05, 3.63) is 0 Å². The molecule has 0 heterocycles. The molecule has 2 atom stereocenters. The number of hydrogen-bond donors (Lipinski definition) is 2. The molecular formula is C7H18O7P2. The minimum Gasteiger partial charge on any atom is -0.324 e. The van der Waals surface area contributed by atoms with Gasteiger partial charge in [0.25, 0.3) is 0 Å². The summed E-state index contributed by atoms with van der Waals surface area (Å²) in [6, 6.07) is 0. The highest BCUT2D eigenvalue weighted by atomic mass is 31.2. The minimum atomic E-state index is -3.92. The largest absolute Gasteiger partial charge is 0.472 e. The molecule has 0 aliphatic carbocycles. The molecule has 0 aliphatic rings. The molecule has 98 valence electrons. The summed E-state index contributed by atoms with van der Waals surface area (Å²) in [5.41, 5.74) is 0. The zero-order valence-electron chi connectivity index (χ0n) is 9.37. The molecule has 0 aromatic rings. The van der Waals surface area contributed by atoms with Gasteiger partial charge in [-0.3, -0.25) is 13.6 Å². The molecule has 0 fully saturated rings. The lowest BCUT2D eigenvalue weighted by atomic mass is 10.3. The van der Waals surface area contributed by atoms with Crippen LogP contribution in [0.1, 0.15) is 19.8 Å². The summed E-state index contributed by atoms with van der Waals surface area (Å²) in [6.07, 6.45) is 0.905. The molecule has 2 N–H and O–H groups in total. The Labute approximate surface area is 94.9 Å². The van der Waals surface area contributed by atoms with Crippen molar-refractivity contribution in [1.82, 2.24) is 0 Å². The first kappa shape index (κ1) is 16.3. The van der Waals surface area contributed by atoms with Crippen molar-refractivity contribution >= 4 is 15.4 Å². The third-order valence-electron chi connectivity index (χ3n) is 1.42. The van der Waals surface area contributed by atoms with E-state index >= 15 is 0 Å². The third-order valence-corrected chi connectivity index (χ3v) is 3.17. The van der Waals surface area contributed by atoms with Crippen LogP contribution in [0.15, 0.2) is 0 Å². The monoisotopic (exact) mass is 276 g/mol. The van der Waals surface area contributed by atoms with Gasteiger partial charge in [0.2, 0.25) is 0 Å². The second-order valence-corrected chi connectivity index (χ2v) is 6.38. The van der Waals surface area contributed by atoms with Crippen molar-refractivity contribution in [1.29, 1.82) is 0 Å². The molecule has 0 aromatic heterocycles. The standard InChI is InChI=1S/C7H18O7P2/c1-3-12-16(10,11)14-7-5-4-6-13-15(2,8)9/h3-7H2,1-2H3,(H,8,9)(H,10,11).